The van der Waals surface area contributed by atoms with Gasteiger partial charge in [0.05, 0.1) is 4.34 Å². The van der Waals surface area contributed by atoms with E-state index in [-0.39, 0.29) is 0 Å². The van der Waals surface area contributed by atoms with Crippen molar-refractivity contribution in [3.05, 3.63) is 55.6 Å². The summed E-state index contributed by atoms with van der Waals surface area (Å²) < 4.78 is 2.04. The Bertz CT molecular complexity index is 512. The molecule has 0 fully saturated rings. The third-order valence-corrected chi connectivity index (χ3v) is 4.85. The van der Waals surface area contributed by atoms with Crippen LogP contribution in [0.3, 0.4) is 0 Å². The van der Waals surface area contributed by atoms with Gasteiger partial charge in [-0.25, -0.2) is 0 Å². The van der Waals surface area contributed by atoms with Gasteiger partial charge < -0.3 is 5.32 Å². The first-order valence-electron chi connectivity index (χ1n) is 5.84. The van der Waals surface area contributed by atoms with E-state index >= 15 is 0 Å². The minimum absolute atomic E-state index is 0.459. The molecular formula is C14H15BrClNS. The van der Waals surface area contributed by atoms with Gasteiger partial charge in [-0.3, -0.25) is 0 Å². The molecule has 1 aromatic carbocycles. The highest BCUT2D eigenvalue weighted by Gasteiger charge is 2.15. The Hall–Kier alpha value is -0.350. The number of halogens is 2. The van der Waals surface area contributed by atoms with Crippen LogP contribution in [0.25, 0.3) is 0 Å². The largest absolute Gasteiger partial charge is 0.319 e. The fourth-order valence-electron chi connectivity index (χ4n) is 2.05. The Kier molecular flexibility index (Phi) is 5.25. The van der Waals surface area contributed by atoms with E-state index in [2.05, 4.69) is 45.5 Å². The second-order valence-electron chi connectivity index (χ2n) is 4.19. The lowest BCUT2D eigenvalue weighted by Gasteiger charge is -2.17. The Morgan fingerprint density at radius 1 is 1.28 bits per heavy atom. The van der Waals surface area contributed by atoms with Crippen LogP contribution in [-0.4, -0.2) is 13.6 Å². The van der Waals surface area contributed by atoms with Crippen LogP contribution in [0.1, 0.15) is 16.4 Å². The third kappa shape index (κ3) is 3.58. The van der Waals surface area contributed by atoms with Crippen LogP contribution < -0.4 is 5.32 Å². The van der Waals surface area contributed by atoms with Crippen LogP contribution in [0.2, 0.25) is 4.34 Å². The van der Waals surface area contributed by atoms with E-state index in [0.717, 1.165) is 17.3 Å². The molecule has 0 bridgehead atoms. The summed E-state index contributed by atoms with van der Waals surface area (Å²) >= 11 is 11.3. The zero-order valence-corrected chi connectivity index (χ0v) is 13.3. The quantitative estimate of drug-likeness (QED) is 0.828. The normalized spacial score (nSPS) is 12.6. The van der Waals surface area contributed by atoms with Gasteiger partial charge in [0.2, 0.25) is 0 Å². The average molecular weight is 345 g/mol. The number of thiophene rings is 1. The van der Waals surface area contributed by atoms with Gasteiger partial charge in [0.25, 0.3) is 0 Å². The van der Waals surface area contributed by atoms with Crippen molar-refractivity contribution in [3.63, 3.8) is 0 Å². The molecule has 0 saturated heterocycles. The maximum atomic E-state index is 5.99. The summed E-state index contributed by atoms with van der Waals surface area (Å²) in [6.45, 7) is 0.956. The first-order chi connectivity index (χ1) is 8.70. The molecule has 0 saturated carbocycles. The predicted octanol–water partition coefficient (Wildman–Crippen LogP) is 4.71. The van der Waals surface area contributed by atoms with E-state index in [1.807, 2.05) is 19.2 Å². The summed E-state index contributed by atoms with van der Waals surface area (Å²) in [6.07, 6.45) is 1.01. The summed E-state index contributed by atoms with van der Waals surface area (Å²) in [7, 11) is 1.99. The van der Waals surface area contributed by atoms with Crippen LogP contribution in [-0.2, 0) is 6.42 Å². The van der Waals surface area contributed by atoms with Crippen molar-refractivity contribution < 1.29 is 0 Å². The number of hydrogen-bond donors (Lipinski definition) is 1. The molecule has 0 spiro atoms. The average Bonchev–Trinajstić information content (AvgIpc) is 2.75. The van der Waals surface area contributed by atoms with Crippen LogP contribution >= 0.6 is 38.9 Å². The van der Waals surface area contributed by atoms with Crippen molar-refractivity contribution in [1.29, 1.82) is 0 Å². The molecule has 2 rings (SSSR count). The van der Waals surface area contributed by atoms with Crippen LogP contribution in [0.5, 0.6) is 0 Å². The van der Waals surface area contributed by atoms with E-state index < -0.39 is 0 Å². The summed E-state index contributed by atoms with van der Waals surface area (Å²) in [5.41, 5.74) is 1.34. The topological polar surface area (TPSA) is 12.0 Å². The lowest BCUT2D eigenvalue weighted by atomic mass is 9.95. The monoisotopic (exact) mass is 343 g/mol. The molecule has 0 radical (unpaired) electrons. The standard InChI is InChI=1S/C14H15BrClNS/c1-17-9-10(8-11-6-7-14(16)18-11)12-4-2-3-5-13(12)15/h2-7,10,17H,8-9H2,1H3. The van der Waals surface area contributed by atoms with Gasteiger partial charge in [-0.1, -0.05) is 45.7 Å². The summed E-state index contributed by atoms with van der Waals surface area (Å²) in [5.74, 6) is 0.459. The molecule has 96 valence electrons. The molecule has 0 amide bonds. The van der Waals surface area contributed by atoms with Crippen molar-refractivity contribution in [2.75, 3.05) is 13.6 Å². The lowest BCUT2D eigenvalue weighted by Crippen LogP contribution is -2.19. The van der Waals surface area contributed by atoms with Gasteiger partial charge in [0, 0.05) is 21.8 Å². The van der Waals surface area contributed by atoms with Gasteiger partial charge >= 0.3 is 0 Å². The number of benzene rings is 1. The van der Waals surface area contributed by atoms with Crippen molar-refractivity contribution in [2.45, 2.75) is 12.3 Å². The Labute approximate surface area is 125 Å². The molecule has 0 aliphatic carbocycles. The SMILES string of the molecule is CNCC(Cc1ccc(Cl)s1)c1ccccc1Br. The maximum Gasteiger partial charge on any atom is 0.0931 e. The highest BCUT2D eigenvalue weighted by molar-refractivity contribution is 9.10. The molecule has 0 aliphatic heterocycles. The minimum atomic E-state index is 0.459. The summed E-state index contributed by atoms with van der Waals surface area (Å²) in [4.78, 5) is 1.33. The van der Waals surface area contributed by atoms with E-state index in [4.69, 9.17) is 11.6 Å². The predicted molar refractivity (Wildman–Crippen MR) is 83.8 cm³/mol. The fraction of sp³-hybridized carbons (Fsp3) is 0.286. The second-order valence-corrected chi connectivity index (χ2v) is 6.84. The Balaban J connectivity index is 2.20. The van der Waals surface area contributed by atoms with Gasteiger partial charge in [0.1, 0.15) is 0 Å². The van der Waals surface area contributed by atoms with Gasteiger partial charge in [-0.15, -0.1) is 11.3 Å². The summed E-state index contributed by atoms with van der Waals surface area (Å²) in [6, 6.07) is 12.5. The summed E-state index contributed by atoms with van der Waals surface area (Å²) in [5, 5.41) is 3.27. The number of likely N-dealkylation sites (N-methyl/N-ethyl adjacent to an activating group) is 1. The van der Waals surface area contributed by atoms with Crippen molar-refractivity contribution in [1.82, 2.24) is 5.32 Å². The molecule has 18 heavy (non-hydrogen) atoms. The molecule has 1 N–H and O–H groups in total. The zero-order valence-electron chi connectivity index (χ0n) is 10.1. The van der Waals surface area contributed by atoms with Crippen LogP contribution in [0.15, 0.2) is 40.9 Å². The minimum Gasteiger partial charge on any atom is -0.319 e. The highest BCUT2D eigenvalue weighted by Crippen LogP contribution is 2.30. The number of rotatable bonds is 5. The van der Waals surface area contributed by atoms with Crippen LogP contribution in [0, 0.1) is 0 Å². The van der Waals surface area contributed by atoms with E-state index in [1.165, 1.54) is 14.9 Å². The van der Waals surface area contributed by atoms with E-state index in [9.17, 15) is 0 Å². The fourth-order valence-corrected chi connectivity index (χ4v) is 3.82. The van der Waals surface area contributed by atoms with Gasteiger partial charge in [-0.05, 0) is 37.2 Å². The molecule has 0 aliphatic rings. The first-order valence-corrected chi connectivity index (χ1v) is 7.82. The van der Waals surface area contributed by atoms with E-state index in [1.54, 1.807) is 11.3 Å². The zero-order chi connectivity index (χ0) is 13.0. The molecule has 1 aromatic heterocycles. The molecule has 1 heterocycles. The third-order valence-electron chi connectivity index (χ3n) is 2.87. The molecule has 1 atom stereocenters. The van der Waals surface area contributed by atoms with Crippen molar-refractivity contribution >= 4 is 38.9 Å². The van der Waals surface area contributed by atoms with Crippen molar-refractivity contribution in [3.8, 4) is 0 Å². The Morgan fingerprint density at radius 2 is 2.06 bits per heavy atom. The molecule has 4 heteroatoms. The highest BCUT2D eigenvalue weighted by atomic mass is 79.9. The first kappa shape index (κ1) is 14.1. The number of nitrogens with one attached hydrogen (secondary N) is 1. The van der Waals surface area contributed by atoms with Crippen LogP contribution in [0.4, 0.5) is 0 Å². The Morgan fingerprint density at radius 3 is 2.67 bits per heavy atom. The molecule has 1 nitrogen and oxygen atoms in total. The molecule has 2 aromatic rings. The number of hydrogen-bond acceptors (Lipinski definition) is 2. The van der Waals surface area contributed by atoms with E-state index in [0.29, 0.717) is 5.92 Å². The molecule has 1 unspecified atom stereocenters. The molecular weight excluding hydrogens is 330 g/mol. The smallest absolute Gasteiger partial charge is 0.0931 e. The van der Waals surface area contributed by atoms with Gasteiger partial charge in [-0.2, -0.15) is 0 Å². The van der Waals surface area contributed by atoms with Gasteiger partial charge in [0.15, 0.2) is 0 Å². The second kappa shape index (κ2) is 6.71. The maximum absolute atomic E-state index is 5.99. The lowest BCUT2D eigenvalue weighted by molar-refractivity contribution is 0.628. The van der Waals surface area contributed by atoms with Crippen molar-refractivity contribution in [2.24, 2.45) is 0 Å².